The number of nitrogens with one attached hydrogen (secondary N) is 2. The van der Waals surface area contributed by atoms with Gasteiger partial charge in [0.1, 0.15) is 0 Å². The van der Waals surface area contributed by atoms with Gasteiger partial charge in [-0.3, -0.25) is 14.4 Å². The first-order chi connectivity index (χ1) is 12.0. The third-order valence-electron chi connectivity index (χ3n) is 3.55. The Labute approximate surface area is 146 Å². The summed E-state index contributed by atoms with van der Waals surface area (Å²) in [7, 11) is 1.58. The van der Waals surface area contributed by atoms with Crippen LogP contribution in [0.5, 0.6) is 0 Å². The van der Waals surface area contributed by atoms with E-state index in [2.05, 4.69) is 10.6 Å². The number of carbonyl (C=O) groups excluding carboxylic acids is 3. The Kier molecular flexibility index (Phi) is 6.28. The first-order valence-electron chi connectivity index (χ1n) is 8.00. The van der Waals surface area contributed by atoms with Crippen LogP contribution in [0.2, 0.25) is 0 Å². The highest BCUT2D eigenvalue weighted by Gasteiger charge is 2.19. The molecule has 6 heteroatoms. The lowest BCUT2D eigenvalue weighted by molar-refractivity contribution is -0.142. The summed E-state index contributed by atoms with van der Waals surface area (Å²) in [6.07, 6.45) is 0. The van der Waals surface area contributed by atoms with E-state index >= 15 is 0 Å². The van der Waals surface area contributed by atoms with E-state index in [-0.39, 0.29) is 5.91 Å². The molecule has 2 aromatic carbocycles. The molecule has 0 aliphatic carbocycles. The van der Waals surface area contributed by atoms with Crippen molar-refractivity contribution in [2.75, 3.05) is 18.9 Å². The number of anilines is 1. The molecular weight excluding hydrogens is 318 g/mol. The minimum absolute atomic E-state index is 0.181. The zero-order valence-corrected chi connectivity index (χ0v) is 14.3. The highest BCUT2D eigenvalue weighted by Crippen LogP contribution is 2.10. The summed E-state index contributed by atoms with van der Waals surface area (Å²) < 4.78 is 0. The topological polar surface area (TPSA) is 78.5 Å². The average molecular weight is 339 g/mol. The molecule has 130 valence electrons. The Bertz CT molecular complexity index is 742. The Hall–Kier alpha value is -3.15. The maximum absolute atomic E-state index is 12.2. The summed E-state index contributed by atoms with van der Waals surface area (Å²) in [5.74, 6) is -1.53. The van der Waals surface area contributed by atoms with E-state index in [0.29, 0.717) is 24.3 Å². The molecule has 25 heavy (non-hydrogen) atoms. The lowest BCUT2D eigenvalue weighted by atomic mass is 10.2. The Morgan fingerprint density at radius 3 is 2.20 bits per heavy atom. The fourth-order valence-corrected chi connectivity index (χ4v) is 2.25. The zero-order valence-electron chi connectivity index (χ0n) is 14.3. The Morgan fingerprint density at radius 1 is 0.960 bits per heavy atom. The molecule has 0 bridgehead atoms. The summed E-state index contributed by atoms with van der Waals surface area (Å²) in [5, 5.41) is 5.24. The number of carbonyl (C=O) groups is 3. The van der Waals surface area contributed by atoms with E-state index < -0.39 is 11.8 Å². The van der Waals surface area contributed by atoms with Crippen molar-refractivity contribution in [3.63, 3.8) is 0 Å². The number of hydrogen-bond donors (Lipinski definition) is 2. The van der Waals surface area contributed by atoms with Crippen LogP contribution in [0.25, 0.3) is 0 Å². The fraction of sp³-hybridized carbons (Fsp3) is 0.211. The molecule has 0 aliphatic rings. The highest BCUT2D eigenvalue weighted by atomic mass is 16.2. The largest absolute Gasteiger partial charge is 0.352 e. The SMILES string of the molecule is CCNC(=O)c1ccc(NC(=O)C(=O)N(C)Cc2ccccc2)cc1. The smallest absolute Gasteiger partial charge is 0.313 e. The van der Waals surface area contributed by atoms with Crippen molar-refractivity contribution in [1.82, 2.24) is 10.2 Å². The molecule has 6 nitrogen and oxygen atoms in total. The van der Waals surface area contributed by atoms with Gasteiger partial charge in [-0.1, -0.05) is 30.3 Å². The van der Waals surface area contributed by atoms with E-state index in [4.69, 9.17) is 0 Å². The van der Waals surface area contributed by atoms with Gasteiger partial charge >= 0.3 is 11.8 Å². The van der Waals surface area contributed by atoms with Gasteiger partial charge in [-0.15, -0.1) is 0 Å². The van der Waals surface area contributed by atoms with Gasteiger partial charge in [0.2, 0.25) is 0 Å². The molecule has 0 heterocycles. The highest BCUT2D eigenvalue weighted by molar-refractivity contribution is 6.39. The molecule has 0 aliphatic heterocycles. The Balaban J connectivity index is 1.94. The summed E-state index contributed by atoms with van der Waals surface area (Å²) in [6, 6.07) is 15.8. The van der Waals surface area contributed by atoms with Crippen LogP contribution in [0.3, 0.4) is 0 Å². The van der Waals surface area contributed by atoms with E-state index in [1.54, 1.807) is 31.3 Å². The lowest BCUT2D eigenvalue weighted by Gasteiger charge is -2.16. The average Bonchev–Trinajstić information content (AvgIpc) is 2.62. The predicted molar refractivity (Wildman–Crippen MR) is 96.0 cm³/mol. The van der Waals surface area contributed by atoms with Crippen molar-refractivity contribution < 1.29 is 14.4 Å². The summed E-state index contributed by atoms with van der Waals surface area (Å²) >= 11 is 0. The first-order valence-corrected chi connectivity index (χ1v) is 8.00. The van der Waals surface area contributed by atoms with E-state index in [0.717, 1.165) is 5.56 Å². The maximum atomic E-state index is 12.2. The number of nitrogens with zero attached hydrogens (tertiary/aromatic N) is 1. The molecule has 0 saturated carbocycles. The quantitative estimate of drug-likeness (QED) is 0.818. The molecule has 0 aromatic heterocycles. The normalized spacial score (nSPS) is 10.0. The zero-order chi connectivity index (χ0) is 18.2. The molecule has 0 saturated heterocycles. The first kappa shape index (κ1) is 18.2. The van der Waals surface area contributed by atoms with Crippen LogP contribution in [0, 0.1) is 0 Å². The summed E-state index contributed by atoms with van der Waals surface area (Å²) in [4.78, 5) is 37.3. The van der Waals surface area contributed by atoms with Crippen molar-refractivity contribution in [3.05, 3.63) is 65.7 Å². The third-order valence-corrected chi connectivity index (χ3v) is 3.55. The maximum Gasteiger partial charge on any atom is 0.313 e. The number of rotatable bonds is 5. The van der Waals surface area contributed by atoms with Crippen LogP contribution in [0.15, 0.2) is 54.6 Å². The number of amides is 3. The van der Waals surface area contributed by atoms with Crippen molar-refractivity contribution in [1.29, 1.82) is 0 Å². The monoisotopic (exact) mass is 339 g/mol. The van der Waals surface area contributed by atoms with Crippen LogP contribution in [-0.4, -0.2) is 36.2 Å². The molecule has 0 fully saturated rings. The summed E-state index contributed by atoms with van der Waals surface area (Å²) in [6.45, 7) is 2.73. The predicted octanol–water partition coefficient (Wildman–Crippen LogP) is 2.03. The number of benzene rings is 2. The van der Waals surface area contributed by atoms with Gasteiger partial charge < -0.3 is 15.5 Å². The van der Waals surface area contributed by atoms with Crippen LogP contribution in [0.1, 0.15) is 22.8 Å². The second-order valence-electron chi connectivity index (χ2n) is 5.54. The van der Waals surface area contributed by atoms with Gasteiger partial charge in [0.25, 0.3) is 5.91 Å². The van der Waals surface area contributed by atoms with Crippen molar-refractivity contribution >= 4 is 23.4 Å². The molecule has 2 aromatic rings. The van der Waals surface area contributed by atoms with Gasteiger partial charge in [0.15, 0.2) is 0 Å². The fourth-order valence-electron chi connectivity index (χ4n) is 2.25. The Morgan fingerprint density at radius 2 is 1.60 bits per heavy atom. The van der Waals surface area contributed by atoms with Crippen LogP contribution in [-0.2, 0) is 16.1 Å². The molecule has 0 atom stereocenters. The van der Waals surface area contributed by atoms with Gasteiger partial charge in [-0.25, -0.2) is 0 Å². The molecule has 2 N–H and O–H groups in total. The van der Waals surface area contributed by atoms with Gasteiger partial charge in [0, 0.05) is 31.4 Å². The number of hydrogen-bond acceptors (Lipinski definition) is 3. The van der Waals surface area contributed by atoms with Gasteiger partial charge in [-0.05, 0) is 36.8 Å². The van der Waals surface area contributed by atoms with Crippen LogP contribution >= 0.6 is 0 Å². The second kappa shape index (κ2) is 8.63. The third kappa shape index (κ3) is 5.17. The molecule has 0 radical (unpaired) electrons. The molecule has 2 rings (SSSR count). The van der Waals surface area contributed by atoms with Gasteiger partial charge in [-0.2, -0.15) is 0 Å². The lowest BCUT2D eigenvalue weighted by Crippen LogP contribution is -2.36. The summed E-state index contributed by atoms with van der Waals surface area (Å²) in [5.41, 5.74) is 1.89. The van der Waals surface area contributed by atoms with Crippen molar-refractivity contribution in [2.24, 2.45) is 0 Å². The van der Waals surface area contributed by atoms with E-state index in [1.165, 1.54) is 4.90 Å². The van der Waals surface area contributed by atoms with Crippen molar-refractivity contribution in [2.45, 2.75) is 13.5 Å². The van der Waals surface area contributed by atoms with E-state index in [9.17, 15) is 14.4 Å². The number of likely N-dealkylation sites (N-methyl/N-ethyl adjacent to an activating group) is 1. The minimum atomic E-state index is -0.718. The second-order valence-corrected chi connectivity index (χ2v) is 5.54. The molecule has 0 unspecified atom stereocenters. The molecular formula is C19H21N3O3. The minimum Gasteiger partial charge on any atom is -0.352 e. The van der Waals surface area contributed by atoms with Gasteiger partial charge in [0.05, 0.1) is 0 Å². The van der Waals surface area contributed by atoms with E-state index in [1.807, 2.05) is 37.3 Å². The van der Waals surface area contributed by atoms with Crippen LogP contribution in [0.4, 0.5) is 5.69 Å². The standard InChI is InChI=1S/C19H21N3O3/c1-3-20-17(23)15-9-11-16(12-10-15)21-18(24)19(25)22(2)13-14-7-5-4-6-8-14/h4-12H,3,13H2,1-2H3,(H,20,23)(H,21,24). The molecule has 3 amide bonds. The van der Waals surface area contributed by atoms with Crippen LogP contribution < -0.4 is 10.6 Å². The van der Waals surface area contributed by atoms with Crippen molar-refractivity contribution in [3.8, 4) is 0 Å². The molecule has 0 spiro atoms.